The second-order valence-corrected chi connectivity index (χ2v) is 7.64. The Kier molecular flexibility index (Phi) is 2.92. The lowest BCUT2D eigenvalue weighted by molar-refractivity contribution is -0.0552. The van der Waals surface area contributed by atoms with E-state index >= 15 is 0 Å². The summed E-state index contributed by atoms with van der Waals surface area (Å²) in [6.07, 6.45) is 9.69. The highest BCUT2D eigenvalue weighted by atomic mass is 16.4. The first kappa shape index (κ1) is 12.8. The molecule has 0 aliphatic heterocycles. The molecule has 1 unspecified atom stereocenters. The smallest absolute Gasteiger partial charge is 0.233 e. The van der Waals surface area contributed by atoms with Gasteiger partial charge in [0.2, 0.25) is 11.8 Å². The molecule has 4 bridgehead atoms. The van der Waals surface area contributed by atoms with Crippen LogP contribution in [0.15, 0.2) is 4.42 Å². The van der Waals surface area contributed by atoms with E-state index in [4.69, 9.17) is 4.42 Å². The Morgan fingerprint density at radius 2 is 1.75 bits per heavy atom. The molecule has 4 aliphatic carbocycles. The SMILES string of the molecule is CNC(C)c1nnc(CC23CC4CC(CC(C4)C2)C3)o1. The van der Waals surface area contributed by atoms with Crippen LogP contribution in [0.4, 0.5) is 0 Å². The van der Waals surface area contributed by atoms with Crippen molar-refractivity contribution in [1.29, 1.82) is 0 Å². The lowest BCUT2D eigenvalue weighted by Crippen LogP contribution is -2.47. The van der Waals surface area contributed by atoms with Crippen molar-refractivity contribution in [3.05, 3.63) is 11.8 Å². The Bertz CT molecular complexity index is 460. The van der Waals surface area contributed by atoms with Gasteiger partial charge in [-0.1, -0.05) is 0 Å². The van der Waals surface area contributed by atoms with Crippen LogP contribution in [0, 0.1) is 23.2 Å². The summed E-state index contributed by atoms with van der Waals surface area (Å²) in [6.45, 7) is 2.06. The first-order valence-corrected chi connectivity index (χ1v) is 8.15. The number of hydrogen-bond donors (Lipinski definition) is 1. The third-order valence-electron chi connectivity index (χ3n) is 5.98. The van der Waals surface area contributed by atoms with E-state index in [2.05, 4.69) is 22.4 Å². The number of nitrogens with zero attached hydrogens (tertiary/aromatic N) is 2. The minimum absolute atomic E-state index is 0.146. The van der Waals surface area contributed by atoms with Crippen LogP contribution in [-0.4, -0.2) is 17.2 Å². The molecule has 5 rings (SSSR count). The molecule has 4 aliphatic rings. The fourth-order valence-electron chi connectivity index (χ4n) is 5.46. The Balaban J connectivity index is 1.52. The second-order valence-electron chi connectivity index (χ2n) is 7.64. The molecular weight excluding hydrogens is 250 g/mol. The first-order valence-electron chi connectivity index (χ1n) is 8.15. The maximum atomic E-state index is 5.89. The van der Waals surface area contributed by atoms with Crippen LogP contribution in [-0.2, 0) is 6.42 Å². The molecule has 1 atom stereocenters. The maximum Gasteiger partial charge on any atom is 0.233 e. The lowest BCUT2D eigenvalue weighted by atomic mass is 9.49. The molecule has 1 aromatic rings. The second kappa shape index (κ2) is 4.55. The summed E-state index contributed by atoms with van der Waals surface area (Å²) in [5.41, 5.74) is 0.488. The Labute approximate surface area is 120 Å². The molecule has 4 fully saturated rings. The van der Waals surface area contributed by atoms with Gasteiger partial charge in [-0.15, -0.1) is 10.2 Å². The van der Waals surface area contributed by atoms with Crippen LogP contribution in [0.25, 0.3) is 0 Å². The molecule has 0 spiro atoms. The number of hydrogen-bond acceptors (Lipinski definition) is 4. The first-order chi connectivity index (χ1) is 9.66. The fourth-order valence-corrected chi connectivity index (χ4v) is 5.46. The Morgan fingerprint density at radius 1 is 1.15 bits per heavy atom. The van der Waals surface area contributed by atoms with E-state index in [1.807, 2.05) is 7.05 Å². The monoisotopic (exact) mass is 275 g/mol. The molecule has 1 heterocycles. The zero-order valence-electron chi connectivity index (χ0n) is 12.6. The van der Waals surface area contributed by atoms with Crippen LogP contribution < -0.4 is 5.32 Å². The van der Waals surface area contributed by atoms with E-state index in [9.17, 15) is 0 Å². The number of rotatable bonds is 4. The van der Waals surface area contributed by atoms with Crippen molar-refractivity contribution in [1.82, 2.24) is 15.5 Å². The van der Waals surface area contributed by atoms with Crippen LogP contribution in [0.5, 0.6) is 0 Å². The molecule has 4 saturated carbocycles. The number of aromatic nitrogens is 2. The van der Waals surface area contributed by atoms with E-state index in [-0.39, 0.29) is 6.04 Å². The summed E-state index contributed by atoms with van der Waals surface area (Å²) >= 11 is 0. The highest BCUT2D eigenvalue weighted by Gasteiger charge is 2.51. The van der Waals surface area contributed by atoms with Gasteiger partial charge < -0.3 is 9.73 Å². The third kappa shape index (κ3) is 2.09. The van der Waals surface area contributed by atoms with Gasteiger partial charge in [0.05, 0.1) is 6.04 Å². The molecule has 0 amide bonds. The summed E-state index contributed by atoms with van der Waals surface area (Å²) in [5.74, 6) is 4.55. The van der Waals surface area contributed by atoms with Crippen LogP contribution in [0.1, 0.15) is 63.3 Å². The van der Waals surface area contributed by atoms with Crippen molar-refractivity contribution in [2.75, 3.05) is 7.05 Å². The van der Waals surface area contributed by atoms with Gasteiger partial charge in [0.15, 0.2) is 0 Å². The number of nitrogens with one attached hydrogen (secondary N) is 1. The lowest BCUT2D eigenvalue weighted by Gasteiger charge is -2.56. The minimum Gasteiger partial charge on any atom is -0.424 e. The normalized spacial score (nSPS) is 40.2. The van der Waals surface area contributed by atoms with Gasteiger partial charge in [-0.3, -0.25) is 0 Å². The fraction of sp³-hybridized carbons (Fsp3) is 0.875. The summed E-state index contributed by atoms with van der Waals surface area (Å²) in [6, 6.07) is 0.146. The van der Waals surface area contributed by atoms with E-state index in [1.54, 1.807) is 0 Å². The van der Waals surface area contributed by atoms with E-state index in [0.29, 0.717) is 5.41 Å². The molecule has 0 radical (unpaired) electrons. The molecule has 4 nitrogen and oxygen atoms in total. The highest BCUT2D eigenvalue weighted by molar-refractivity contribution is 5.04. The van der Waals surface area contributed by atoms with Crippen molar-refractivity contribution >= 4 is 0 Å². The average molecular weight is 275 g/mol. The van der Waals surface area contributed by atoms with E-state index in [1.165, 1.54) is 38.5 Å². The van der Waals surface area contributed by atoms with Gasteiger partial charge in [-0.05, 0) is 75.7 Å². The Hall–Kier alpha value is -0.900. The van der Waals surface area contributed by atoms with Gasteiger partial charge in [0.1, 0.15) is 0 Å². The summed E-state index contributed by atoms with van der Waals surface area (Å²) in [5, 5.41) is 11.7. The molecule has 0 aromatic carbocycles. The van der Waals surface area contributed by atoms with Crippen molar-refractivity contribution in [2.45, 2.75) is 57.9 Å². The minimum atomic E-state index is 0.146. The predicted molar refractivity (Wildman–Crippen MR) is 76.1 cm³/mol. The molecule has 1 N–H and O–H groups in total. The van der Waals surface area contributed by atoms with Gasteiger partial charge in [-0.25, -0.2) is 0 Å². The van der Waals surface area contributed by atoms with Crippen molar-refractivity contribution in [3.63, 3.8) is 0 Å². The summed E-state index contributed by atoms with van der Waals surface area (Å²) in [4.78, 5) is 0. The zero-order chi connectivity index (χ0) is 13.7. The molecule has 1 aromatic heterocycles. The highest BCUT2D eigenvalue weighted by Crippen LogP contribution is 2.60. The zero-order valence-corrected chi connectivity index (χ0v) is 12.6. The van der Waals surface area contributed by atoms with E-state index < -0.39 is 0 Å². The molecule has 110 valence electrons. The Morgan fingerprint density at radius 3 is 2.30 bits per heavy atom. The van der Waals surface area contributed by atoms with Crippen molar-refractivity contribution in [2.24, 2.45) is 23.2 Å². The van der Waals surface area contributed by atoms with Crippen LogP contribution in [0.2, 0.25) is 0 Å². The molecule has 20 heavy (non-hydrogen) atoms. The standard InChI is InChI=1S/C16H25N3O/c1-10(17-2)15-19-18-14(20-15)9-16-6-11-3-12(7-16)5-13(4-11)8-16/h10-13,17H,3-9H2,1-2H3. The van der Waals surface area contributed by atoms with Crippen molar-refractivity contribution < 1.29 is 4.42 Å². The van der Waals surface area contributed by atoms with Gasteiger partial charge in [-0.2, -0.15) is 0 Å². The topological polar surface area (TPSA) is 51.0 Å². The quantitative estimate of drug-likeness (QED) is 0.917. The summed E-state index contributed by atoms with van der Waals surface area (Å²) < 4.78 is 5.89. The van der Waals surface area contributed by atoms with Crippen LogP contribution >= 0.6 is 0 Å². The molecular formula is C16H25N3O. The molecule has 0 saturated heterocycles. The maximum absolute atomic E-state index is 5.89. The van der Waals surface area contributed by atoms with Crippen LogP contribution in [0.3, 0.4) is 0 Å². The molecule has 4 heteroatoms. The average Bonchev–Trinajstić information content (AvgIpc) is 2.83. The van der Waals surface area contributed by atoms with Gasteiger partial charge in [0, 0.05) is 6.42 Å². The van der Waals surface area contributed by atoms with Gasteiger partial charge in [0.25, 0.3) is 0 Å². The summed E-state index contributed by atoms with van der Waals surface area (Å²) in [7, 11) is 1.92. The predicted octanol–water partition coefficient (Wildman–Crippen LogP) is 3.11. The van der Waals surface area contributed by atoms with E-state index in [0.717, 1.165) is 36.0 Å². The van der Waals surface area contributed by atoms with Gasteiger partial charge >= 0.3 is 0 Å². The van der Waals surface area contributed by atoms with Crippen molar-refractivity contribution in [3.8, 4) is 0 Å². The third-order valence-corrected chi connectivity index (χ3v) is 5.98. The largest absolute Gasteiger partial charge is 0.424 e.